The summed E-state index contributed by atoms with van der Waals surface area (Å²) in [7, 11) is 3.21. The molecule has 2 heterocycles. The Hall–Kier alpha value is -3.32. The maximum atomic E-state index is 13.6. The summed E-state index contributed by atoms with van der Waals surface area (Å²) in [5.74, 6) is 1.00. The molecule has 0 amide bonds. The first kappa shape index (κ1) is 25.3. The largest absolute Gasteiger partial charge is 0.497 e. The third kappa shape index (κ3) is 5.09. The number of carbonyl (C=O) groups excluding carboxylic acids is 2. The molecule has 3 aromatic rings. The molecule has 0 unspecified atom stereocenters. The number of benzene rings is 2. The van der Waals surface area contributed by atoms with Gasteiger partial charge in [-0.3, -0.25) is 14.6 Å². The van der Waals surface area contributed by atoms with E-state index in [2.05, 4.69) is 9.88 Å². The van der Waals surface area contributed by atoms with Crippen LogP contribution in [0.1, 0.15) is 35.7 Å². The molecule has 180 valence electrons. The Kier molecular flexibility index (Phi) is 8.34. The lowest BCUT2D eigenvalue weighted by atomic mass is 9.94. The van der Waals surface area contributed by atoms with Crippen molar-refractivity contribution >= 4 is 40.7 Å². The molecule has 0 bridgehead atoms. The van der Waals surface area contributed by atoms with Crippen LogP contribution in [-0.4, -0.2) is 50.7 Å². The molecule has 1 aromatic heterocycles. The summed E-state index contributed by atoms with van der Waals surface area (Å²) in [5.41, 5.74) is 2.68. The highest BCUT2D eigenvalue weighted by molar-refractivity contribution is 6.16. The molecule has 1 fully saturated rings. The number of hydrogen-bond donors (Lipinski definition) is 0. The van der Waals surface area contributed by atoms with Gasteiger partial charge in [0.2, 0.25) is 0 Å². The fraction of sp³-hybridized carbons (Fsp3) is 0.346. The Balaban J connectivity index is 0.00000324. The molecule has 0 aliphatic carbocycles. The summed E-state index contributed by atoms with van der Waals surface area (Å²) < 4.78 is 15.9. The van der Waals surface area contributed by atoms with Gasteiger partial charge in [0.15, 0.2) is 5.78 Å². The van der Waals surface area contributed by atoms with Gasteiger partial charge in [-0.05, 0) is 62.2 Å². The lowest BCUT2D eigenvalue weighted by molar-refractivity contribution is -0.148. The number of esters is 1. The maximum absolute atomic E-state index is 13.6. The van der Waals surface area contributed by atoms with E-state index in [1.165, 1.54) is 0 Å². The number of ketones is 1. The first-order chi connectivity index (χ1) is 16.0. The summed E-state index contributed by atoms with van der Waals surface area (Å²) in [6.45, 7) is 3.49. The van der Waals surface area contributed by atoms with E-state index < -0.39 is 0 Å². The number of methoxy groups -OCH3 is 2. The zero-order valence-corrected chi connectivity index (χ0v) is 20.4. The minimum Gasteiger partial charge on any atom is -0.497 e. The molecule has 1 saturated heterocycles. The molecule has 7 nitrogen and oxygen atoms in total. The van der Waals surface area contributed by atoms with Crippen LogP contribution < -0.4 is 14.4 Å². The van der Waals surface area contributed by atoms with E-state index in [0.717, 1.165) is 16.6 Å². The molecular weight excluding hydrogens is 456 g/mol. The predicted octanol–water partition coefficient (Wildman–Crippen LogP) is 4.68. The molecule has 1 aliphatic rings. The molecule has 0 N–H and O–H groups in total. The van der Waals surface area contributed by atoms with Crippen LogP contribution in [0.15, 0.2) is 48.7 Å². The Labute approximate surface area is 205 Å². The van der Waals surface area contributed by atoms with E-state index in [0.29, 0.717) is 55.2 Å². The number of halogens is 1. The molecular formula is C26H29ClN2O5. The van der Waals surface area contributed by atoms with E-state index in [4.69, 9.17) is 14.2 Å². The quantitative estimate of drug-likeness (QED) is 0.355. The molecule has 0 atom stereocenters. The van der Waals surface area contributed by atoms with Crippen LogP contribution in [0, 0.1) is 5.92 Å². The first-order valence-electron chi connectivity index (χ1n) is 11.1. The van der Waals surface area contributed by atoms with Crippen LogP contribution in [0.4, 0.5) is 5.69 Å². The van der Waals surface area contributed by atoms with Crippen molar-refractivity contribution in [1.82, 2.24) is 4.98 Å². The van der Waals surface area contributed by atoms with Crippen molar-refractivity contribution in [2.45, 2.75) is 19.8 Å². The van der Waals surface area contributed by atoms with Crippen LogP contribution in [0.5, 0.6) is 11.5 Å². The number of fused-ring (bicyclic) bond motifs is 1. The van der Waals surface area contributed by atoms with Gasteiger partial charge in [-0.1, -0.05) is 0 Å². The fourth-order valence-electron chi connectivity index (χ4n) is 4.29. The zero-order valence-electron chi connectivity index (χ0n) is 19.6. The van der Waals surface area contributed by atoms with E-state index in [9.17, 15) is 9.59 Å². The number of carbonyl (C=O) groups is 2. The van der Waals surface area contributed by atoms with Gasteiger partial charge in [-0.15, -0.1) is 12.4 Å². The second kappa shape index (κ2) is 11.2. The molecule has 4 rings (SSSR count). The standard InChI is InChI=1S/C26H28N2O5.ClH/c1-4-33-26(30)18-11-13-28(14-12-18)24-21-15-20(32-3)9-10-23(21)27-16-22(24)25(29)17-5-7-19(31-2)8-6-17;/h5-10,15-16,18H,4,11-14H2,1-3H3;1H. The van der Waals surface area contributed by atoms with Crippen LogP contribution in [0.3, 0.4) is 0 Å². The molecule has 0 saturated carbocycles. The highest BCUT2D eigenvalue weighted by Crippen LogP contribution is 2.36. The third-order valence-electron chi connectivity index (χ3n) is 6.07. The maximum Gasteiger partial charge on any atom is 0.309 e. The van der Waals surface area contributed by atoms with Crippen molar-refractivity contribution in [3.05, 3.63) is 59.8 Å². The number of ether oxygens (including phenoxy) is 3. The molecule has 1 aliphatic heterocycles. The smallest absolute Gasteiger partial charge is 0.309 e. The third-order valence-corrected chi connectivity index (χ3v) is 6.07. The van der Waals surface area contributed by atoms with Gasteiger partial charge in [0.25, 0.3) is 0 Å². The molecule has 2 aromatic carbocycles. The number of rotatable bonds is 7. The number of hydrogen-bond acceptors (Lipinski definition) is 7. The SMILES string of the molecule is CCOC(=O)C1CCN(c2c(C(=O)c3ccc(OC)cc3)cnc3ccc(OC)cc23)CC1.Cl. The van der Waals surface area contributed by atoms with E-state index >= 15 is 0 Å². The molecule has 0 spiro atoms. The summed E-state index contributed by atoms with van der Waals surface area (Å²) in [5, 5.41) is 0.850. The minimum absolute atomic E-state index is 0. The Morgan fingerprint density at radius 3 is 2.26 bits per heavy atom. The van der Waals surface area contributed by atoms with Gasteiger partial charge < -0.3 is 19.1 Å². The Morgan fingerprint density at radius 1 is 1.00 bits per heavy atom. The van der Waals surface area contributed by atoms with Crippen molar-refractivity contribution < 1.29 is 23.8 Å². The zero-order chi connectivity index (χ0) is 23.4. The number of nitrogens with zero attached hydrogens (tertiary/aromatic N) is 2. The lowest BCUT2D eigenvalue weighted by Crippen LogP contribution is -2.38. The fourth-order valence-corrected chi connectivity index (χ4v) is 4.29. The predicted molar refractivity (Wildman–Crippen MR) is 134 cm³/mol. The number of aromatic nitrogens is 1. The van der Waals surface area contributed by atoms with E-state index in [-0.39, 0.29) is 30.1 Å². The Morgan fingerprint density at radius 2 is 1.65 bits per heavy atom. The second-order valence-corrected chi connectivity index (χ2v) is 7.97. The van der Waals surface area contributed by atoms with Crippen molar-refractivity contribution in [2.75, 3.05) is 38.8 Å². The summed E-state index contributed by atoms with van der Waals surface area (Å²) in [4.78, 5) is 32.5. The van der Waals surface area contributed by atoms with Crippen molar-refractivity contribution in [2.24, 2.45) is 5.92 Å². The molecule has 0 radical (unpaired) electrons. The van der Waals surface area contributed by atoms with Gasteiger partial charge in [0.05, 0.1) is 43.5 Å². The van der Waals surface area contributed by atoms with Crippen LogP contribution in [0.2, 0.25) is 0 Å². The van der Waals surface area contributed by atoms with Crippen LogP contribution in [-0.2, 0) is 9.53 Å². The normalized spacial score (nSPS) is 13.8. The van der Waals surface area contributed by atoms with Gasteiger partial charge in [-0.25, -0.2) is 0 Å². The van der Waals surface area contributed by atoms with Crippen molar-refractivity contribution in [3.8, 4) is 11.5 Å². The number of piperidine rings is 1. The van der Waals surface area contributed by atoms with Gasteiger partial charge >= 0.3 is 5.97 Å². The van der Waals surface area contributed by atoms with Gasteiger partial charge in [-0.2, -0.15) is 0 Å². The number of anilines is 1. The van der Waals surface area contributed by atoms with Gasteiger partial charge in [0.1, 0.15) is 11.5 Å². The first-order valence-corrected chi connectivity index (χ1v) is 11.1. The Bertz CT molecular complexity index is 1160. The van der Waals surface area contributed by atoms with Crippen LogP contribution >= 0.6 is 12.4 Å². The second-order valence-electron chi connectivity index (χ2n) is 7.97. The summed E-state index contributed by atoms with van der Waals surface area (Å²) in [6, 6.07) is 12.7. The van der Waals surface area contributed by atoms with Gasteiger partial charge in [0, 0.05) is 30.2 Å². The summed E-state index contributed by atoms with van der Waals surface area (Å²) >= 11 is 0. The highest BCUT2D eigenvalue weighted by atomic mass is 35.5. The molecule has 34 heavy (non-hydrogen) atoms. The van der Waals surface area contributed by atoms with Crippen molar-refractivity contribution in [1.29, 1.82) is 0 Å². The van der Waals surface area contributed by atoms with Crippen LogP contribution in [0.25, 0.3) is 10.9 Å². The highest BCUT2D eigenvalue weighted by Gasteiger charge is 2.29. The number of pyridine rings is 1. The minimum atomic E-state index is -0.145. The van der Waals surface area contributed by atoms with E-state index in [1.54, 1.807) is 44.7 Å². The van der Waals surface area contributed by atoms with Crippen molar-refractivity contribution in [3.63, 3.8) is 0 Å². The van der Waals surface area contributed by atoms with E-state index in [1.807, 2.05) is 25.1 Å². The lowest BCUT2D eigenvalue weighted by Gasteiger charge is -2.34. The average molecular weight is 485 g/mol. The topological polar surface area (TPSA) is 78.0 Å². The molecule has 8 heteroatoms. The summed E-state index contributed by atoms with van der Waals surface area (Å²) in [6.07, 6.45) is 2.99. The monoisotopic (exact) mass is 484 g/mol. The average Bonchev–Trinajstić information content (AvgIpc) is 2.87.